The van der Waals surface area contributed by atoms with E-state index in [2.05, 4.69) is 10.2 Å². The van der Waals surface area contributed by atoms with E-state index in [-0.39, 0.29) is 17.9 Å². The number of carbonyl (C=O) groups is 2. The summed E-state index contributed by atoms with van der Waals surface area (Å²) in [5, 5.41) is 5.23. The minimum Gasteiger partial charge on any atom is -0.468 e. The van der Waals surface area contributed by atoms with Gasteiger partial charge in [-0.1, -0.05) is 37.1 Å². The van der Waals surface area contributed by atoms with Crippen molar-refractivity contribution < 1.29 is 18.7 Å². The van der Waals surface area contributed by atoms with Crippen molar-refractivity contribution in [3.8, 4) is 0 Å². The summed E-state index contributed by atoms with van der Waals surface area (Å²) >= 11 is 1.58. The molecule has 2 aliphatic rings. The monoisotopic (exact) mass is 535 g/mol. The van der Waals surface area contributed by atoms with E-state index in [0.717, 1.165) is 35.7 Å². The first-order chi connectivity index (χ1) is 18.7. The van der Waals surface area contributed by atoms with Crippen LogP contribution in [0.15, 0.2) is 64.6 Å². The van der Waals surface area contributed by atoms with Crippen LogP contribution in [0.2, 0.25) is 0 Å². The molecule has 2 aromatic heterocycles. The number of benzene rings is 1. The molecule has 0 unspecified atom stereocenters. The maximum absolute atomic E-state index is 13.8. The zero-order chi connectivity index (χ0) is 26.3. The van der Waals surface area contributed by atoms with Gasteiger partial charge < -0.3 is 19.4 Å². The molecule has 3 heterocycles. The van der Waals surface area contributed by atoms with Crippen LogP contribution >= 0.6 is 11.3 Å². The average molecular weight is 536 g/mol. The molecule has 1 saturated carbocycles. The van der Waals surface area contributed by atoms with Gasteiger partial charge in [-0.3, -0.25) is 14.5 Å². The third-order valence-electron chi connectivity index (χ3n) is 7.79. The predicted octanol–water partition coefficient (Wildman–Crippen LogP) is 5.22. The largest absolute Gasteiger partial charge is 0.468 e. The summed E-state index contributed by atoms with van der Waals surface area (Å²) in [6.07, 6.45) is 7.58. The summed E-state index contributed by atoms with van der Waals surface area (Å²) in [6, 6.07) is 15.7. The fourth-order valence-corrected chi connectivity index (χ4v) is 6.83. The molecule has 0 spiro atoms. The van der Waals surface area contributed by atoms with Crippen LogP contribution in [-0.4, -0.2) is 61.0 Å². The lowest BCUT2D eigenvalue weighted by Crippen LogP contribution is -2.48. The molecule has 5 rings (SSSR count). The summed E-state index contributed by atoms with van der Waals surface area (Å²) in [5.74, 6) is 0.419. The predicted molar refractivity (Wildman–Crippen MR) is 148 cm³/mol. The van der Waals surface area contributed by atoms with Crippen LogP contribution in [0.4, 0.5) is 0 Å². The fourth-order valence-electron chi connectivity index (χ4n) is 5.95. The first-order valence-corrected chi connectivity index (χ1v) is 14.5. The number of thiophene rings is 1. The summed E-state index contributed by atoms with van der Waals surface area (Å²) < 4.78 is 10.9. The van der Waals surface area contributed by atoms with E-state index in [1.807, 2.05) is 58.8 Å². The molecule has 38 heavy (non-hydrogen) atoms. The lowest BCUT2D eigenvalue weighted by atomic mass is 9.81. The number of fused-ring (bicyclic) bond motifs is 1. The molecule has 1 fully saturated rings. The van der Waals surface area contributed by atoms with E-state index >= 15 is 0 Å². The second-order valence-electron chi connectivity index (χ2n) is 10.1. The number of hydrogen-bond donors (Lipinski definition) is 1. The second-order valence-corrected chi connectivity index (χ2v) is 11.1. The molecular weight excluding hydrogens is 498 g/mol. The molecule has 8 heteroatoms. The number of nitrogens with zero attached hydrogens (tertiary/aromatic N) is 2. The van der Waals surface area contributed by atoms with Crippen molar-refractivity contribution in [3.05, 3.63) is 81.9 Å². The number of rotatable bonds is 12. The van der Waals surface area contributed by atoms with E-state index in [9.17, 15) is 9.59 Å². The average Bonchev–Trinajstić information content (AvgIpc) is 3.74. The molecule has 1 aliphatic heterocycles. The molecule has 2 atom stereocenters. The molecular formula is C30H37N3O4S. The van der Waals surface area contributed by atoms with Crippen LogP contribution in [0.3, 0.4) is 0 Å². The van der Waals surface area contributed by atoms with E-state index in [0.29, 0.717) is 31.3 Å². The molecule has 0 bridgehead atoms. The molecule has 1 aromatic carbocycles. The van der Waals surface area contributed by atoms with Crippen molar-refractivity contribution in [2.75, 3.05) is 33.4 Å². The van der Waals surface area contributed by atoms with Gasteiger partial charge in [-0.15, -0.1) is 11.3 Å². The van der Waals surface area contributed by atoms with Gasteiger partial charge in [-0.2, -0.15) is 0 Å². The van der Waals surface area contributed by atoms with Crippen molar-refractivity contribution in [3.63, 3.8) is 0 Å². The maximum Gasteiger partial charge on any atom is 0.254 e. The normalized spacial score (nSPS) is 19.7. The third-order valence-corrected chi connectivity index (χ3v) is 8.74. The Hall–Kier alpha value is -2.94. The van der Waals surface area contributed by atoms with Crippen LogP contribution in [0.25, 0.3) is 0 Å². The van der Waals surface area contributed by atoms with Gasteiger partial charge in [-0.25, -0.2) is 0 Å². The summed E-state index contributed by atoms with van der Waals surface area (Å²) in [4.78, 5) is 32.7. The van der Waals surface area contributed by atoms with Crippen molar-refractivity contribution in [2.24, 2.45) is 0 Å². The van der Waals surface area contributed by atoms with Crippen molar-refractivity contribution in [1.29, 1.82) is 0 Å². The number of amides is 2. The lowest BCUT2D eigenvalue weighted by Gasteiger charge is -2.41. The van der Waals surface area contributed by atoms with Gasteiger partial charge in [0.2, 0.25) is 5.91 Å². The minimum absolute atomic E-state index is 0.0378. The van der Waals surface area contributed by atoms with Crippen LogP contribution in [0.5, 0.6) is 0 Å². The van der Waals surface area contributed by atoms with Gasteiger partial charge in [0, 0.05) is 43.2 Å². The van der Waals surface area contributed by atoms with Crippen LogP contribution in [-0.2, 0) is 16.1 Å². The molecule has 1 N–H and O–H groups in total. The number of hydrogen-bond acceptors (Lipinski definition) is 6. The van der Waals surface area contributed by atoms with Gasteiger partial charge >= 0.3 is 0 Å². The van der Waals surface area contributed by atoms with Crippen LogP contribution in [0, 0.1) is 0 Å². The minimum atomic E-state index is -0.478. The van der Waals surface area contributed by atoms with E-state index in [1.54, 1.807) is 24.7 Å². The Balaban J connectivity index is 1.30. The summed E-state index contributed by atoms with van der Waals surface area (Å²) in [5.41, 5.74) is 1.40. The van der Waals surface area contributed by atoms with Gasteiger partial charge in [0.05, 0.1) is 31.4 Å². The number of methoxy groups -OCH3 is 1. The smallest absolute Gasteiger partial charge is 0.254 e. The lowest BCUT2D eigenvalue weighted by molar-refractivity contribution is -0.124. The molecule has 2 amide bonds. The van der Waals surface area contributed by atoms with Gasteiger partial charge in [0.25, 0.3) is 5.91 Å². The second kappa shape index (κ2) is 12.7. The highest BCUT2D eigenvalue weighted by atomic mass is 32.1. The maximum atomic E-state index is 13.8. The van der Waals surface area contributed by atoms with Crippen LogP contribution < -0.4 is 5.32 Å². The summed E-state index contributed by atoms with van der Waals surface area (Å²) in [7, 11) is 1.63. The Morgan fingerprint density at radius 2 is 2.00 bits per heavy atom. The number of carbonyl (C=O) groups excluding carboxylic acids is 2. The van der Waals surface area contributed by atoms with Gasteiger partial charge in [0.1, 0.15) is 5.76 Å². The first kappa shape index (κ1) is 26.7. The quantitative estimate of drug-likeness (QED) is 0.322. The third kappa shape index (κ3) is 5.87. The van der Waals surface area contributed by atoms with E-state index in [4.69, 9.17) is 9.15 Å². The van der Waals surface area contributed by atoms with Crippen molar-refractivity contribution in [2.45, 2.75) is 56.7 Å². The van der Waals surface area contributed by atoms with Gasteiger partial charge in [-0.05, 0) is 54.5 Å². The number of ether oxygens (including phenoxy) is 1. The zero-order valence-corrected chi connectivity index (χ0v) is 22.8. The zero-order valence-electron chi connectivity index (χ0n) is 22.0. The van der Waals surface area contributed by atoms with Gasteiger partial charge in [0.15, 0.2) is 0 Å². The van der Waals surface area contributed by atoms with E-state index < -0.39 is 5.92 Å². The fraction of sp³-hybridized carbons (Fsp3) is 0.467. The number of furan rings is 1. The van der Waals surface area contributed by atoms with Crippen molar-refractivity contribution >= 4 is 23.2 Å². The highest BCUT2D eigenvalue weighted by molar-refractivity contribution is 7.10. The van der Waals surface area contributed by atoms with Crippen LogP contribution in [0.1, 0.15) is 70.6 Å². The standard InChI is InChI=1S/C30H37N3O4S/c1-36-19-17-33-28(26-14-7-20-38-26)27(24-12-4-5-13-25(24)30(33)35)29(34)31-15-8-16-32(22-9-2-3-10-22)21-23-11-6-18-37-23/h4-7,11-14,18,20,22,27-28H,2-3,8-10,15-17,19,21H2,1H3,(H,31,34)/t27-,28-/m1/s1. The molecule has 202 valence electrons. The summed E-state index contributed by atoms with van der Waals surface area (Å²) in [6.45, 7) is 3.14. The SMILES string of the molecule is COCCN1C(=O)c2ccccc2[C@@H](C(=O)NCCCN(Cc2ccco2)C2CCCC2)[C@H]1c1cccs1. The first-order valence-electron chi connectivity index (χ1n) is 13.6. The molecule has 3 aromatic rings. The molecule has 7 nitrogen and oxygen atoms in total. The Kier molecular flexibility index (Phi) is 8.94. The Bertz CT molecular complexity index is 1170. The Labute approximate surface area is 228 Å². The van der Waals surface area contributed by atoms with Crippen molar-refractivity contribution in [1.82, 2.24) is 15.1 Å². The van der Waals surface area contributed by atoms with E-state index in [1.165, 1.54) is 25.7 Å². The Morgan fingerprint density at radius 3 is 2.74 bits per heavy atom. The highest BCUT2D eigenvalue weighted by Gasteiger charge is 2.44. The molecule has 1 aliphatic carbocycles. The molecule has 0 radical (unpaired) electrons. The molecule has 0 saturated heterocycles. The topological polar surface area (TPSA) is 75.0 Å². The number of nitrogens with one attached hydrogen (secondary N) is 1. The Morgan fingerprint density at radius 1 is 1.16 bits per heavy atom. The highest BCUT2D eigenvalue weighted by Crippen LogP contribution is 2.44.